The molecule has 0 unspecified atom stereocenters. The molecule has 0 fully saturated rings. The van der Waals surface area contributed by atoms with Crippen LogP contribution in [-0.2, 0) is 16.6 Å². The molecule has 0 heterocycles. The molecule has 2 heteroatoms. The maximum absolute atomic E-state index is 11.6. The number of aliphatic carboxylic acids is 1. The molecule has 0 spiro atoms. The monoisotopic (exact) mass is 282 g/mol. The third kappa shape index (κ3) is 3.94. The minimum absolute atomic E-state index is 0.0800. The average Bonchev–Trinajstić information content (AvgIpc) is 2.45. The van der Waals surface area contributed by atoms with E-state index in [0.717, 1.165) is 11.1 Å². The van der Waals surface area contributed by atoms with Crippen LogP contribution in [0.3, 0.4) is 0 Å². The molecule has 1 atom stereocenters. The maximum Gasteiger partial charge on any atom is 0.311 e. The van der Waals surface area contributed by atoms with Gasteiger partial charge in [-0.2, -0.15) is 0 Å². The van der Waals surface area contributed by atoms with Crippen molar-refractivity contribution in [3.63, 3.8) is 0 Å². The van der Waals surface area contributed by atoms with E-state index in [9.17, 15) is 9.90 Å². The lowest BCUT2D eigenvalue weighted by Crippen LogP contribution is -2.15. The van der Waals surface area contributed by atoms with Crippen molar-refractivity contribution in [2.24, 2.45) is 0 Å². The summed E-state index contributed by atoms with van der Waals surface area (Å²) < 4.78 is 0. The van der Waals surface area contributed by atoms with Crippen molar-refractivity contribution in [2.45, 2.75) is 38.5 Å². The molecule has 0 aliphatic rings. The van der Waals surface area contributed by atoms with Crippen LogP contribution in [0.1, 0.15) is 43.4 Å². The Kier molecular flexibility index (Phi) is 4.46. The molecule has 0 saturated carbocycles. The molecule has 0 aromatic heterocycles. The SMILES string of the molecule is CC(C)(C)c1ccc([C@H](Cc2ccccc2)C(=O)O)cc1. The van der Waals surface area contributed by atoms with Gasteiger partial charge in [0.15, 0.2) is 0 Å². The molecule has 0 bridgehead atoms. The lowest BCUT2D eigenvalue weighted by Gasteiger charge is -2.20. The van der Waals surface area contributed by atoms with Crippen LogP contribution in [0.25, 0.3) is 0 Å². The third-order valence-corrected chi connectivity index (χ3v) is 3.76. The molecule has 0 radical (unpaired) electrons. The fourth-order valence-electron chi connectivity index (χ4n) is 2.41. The van der Waals surface area contributed by atoms with Gasteiger partial charge in [-0.15, -0.1) is 0 Å². The van der Waals surface area contributed by atoms with E-state index in [4.69, 9.17) is 0 Å². The van der Waals surface area contributed by atoms with E-state index in [1.807, 2.05) is 54.6 Å². The molecule has 1 N–H and O–H groups in total. The molecule has 110 valence electrons. The predicted molar refractivity (Wildman–Crippen MR) is 85.7 cm³/mol. The van der Waals surface area contributed by atoms with E-state index >= 15 is 0 Å². The Morgan fingerprint density at radius 3 is 2.05 bits per heavy atom. The molecule has 0 saturated heterocycles. The zero-order valence-corrected chi connectivity index (χ0v) is 12.8. The maximum atomic E-state index is 11.6. The standard InChI is InChI=1S/C19H22O2/c1-19(2,3)16-11-9-15(10-12-16)17(18(20)21)13-14-7-5-4-6-8-14/h4-12,17H,13H2,1-3H3,(H,20,21)/t17-/m0/s1. The summed E-state index contributed by atoms with van der Waals surface area (Å²) in [6.45, 7) is 6.46. The minimum atomic E-state index is -0.776. The summed E-state index contributed by atoms with van der Waals surface area (Å²) >= 11 is 0. The second kappa shape index (κ2) is 6.13. The molecule has 2 aromatic rings. The third-order valence-electron chi connectivity index (χ3n) is 3.76. The van der Waals surface area contributed by atoms with Crippen molar-refractivity contribution < 1.29 is 9.90 Å². The highest BCUT2D eigenvalue weighted by Gasteiger charge is 2.21. The topological polar surface area (TPSA) is 37.3 Å². The number of hydrogen-bond donors (Lipinski definition) is 1. The molecule has 21 heavy (non-hydrogen) atoms. The zero-order valence-electron chi connectivity index (χ0n) is 12.8. The Labute approximate surface area is 126 Å². The van der Waals surface area contributed by atoms with Crippen molar-refractivity contribution in [3.8, 4) is 0 Å². The van der Waals surface area contributed by atoms with Gasteiger partial charge in [0.05, 0.1) is 5.92 Å². The van der Waals surface area contributed by atoms with Crippen LogP contribution >= 0.6 is 0 Å². The lowest BCUT2D eigenvalue weighted by molar-refractivity contribution is -0.138. The van der Waals surface area contributed by atoms with Crippen LogP contribution < -0.4 is 0 Å². The summed E-state index contributed by atoms with van der Waals surface area (Å²) in [7, 11) is 0. The van der Waals surface area contributed by atoms with E-state index in [1.54, 1.807) is 0 Å². The van der Waals surface area contributed by atoms with Crippen molar-refractivity contribution in [1.29, 1.82) is 0 Å². The number of carboxylic acid groups (broad SMARTS) is 1. The van der Waals surface area contributed by atoms with Gasteiger partial charge in [-0.05, 0) is 28.5 Å². The van der Waals surface area contributed by atoms with Gasteiger partial charge in [0.2, 0.25) is 0 Å². The summed E-state index contributed by atoms with van der Waals surface area (Å²) in [4.78, 5) is 11.6. The Balaban J connectivity index is 2.25. The first-order valence-corrected chi connectivity index (χ1v) is 7.25. The van der Waals surface area contributed by atoms with Crippen molar-refractivity contribution >= 4 is 5.97 Å². The molecule has 2 rings (SSSR count). The van der Waals surface area contributed by atoms with Crippen molar-refractivity contribution in [1.82, 2.24) is 0 Å². The Morgan fingerprint density at radius 2 is 1.57 bits per heavy atom. The second-order valence-corrected chi connectivity index (χ2v) is 6.45. The Hall–Kier alpha value is -2.09. The highest BCUT2D eigenvalue weighted by atomic mass is 16.4. The fourth-order valence-corrected chi connectivity index (χ4v) is 2.41. The molecule has 2 nitrogen and oxygen atoms in total. The van der Waals surface area contributed by atoms with E-state index in [0.29, 0.717) is 6.42 Å². The quantitative estimate of drug-likeness (QED) is 0.902. The summed E-state index contributed by atoms with van der Waals surface area (Å²) in [5, 5.41) is 9.52. The molecular weight excluding hydrogens is 260 g/mol. The highest BCUT2D eigenvalue weighted by Crippen LogP contribution is 2.26. The molecule has 0 aliphatic carbocycles. The fraction of sp³-hybridized carbons (Fsp3) is 0.316. The number of carboxylic acids is 1. The Morgan fingerprint density at radius 1 is 1.00 bits per heavy atom. The van der Waals surface area contributed by atoms with E-state index in [1.165, 1.54) is 5.56 Å². The van der Waals surface area contributed by atoms with Crippen LogP contribution in [0.4, 0.5) is 0 Å². The first kappa shape index (κ1) is 15.3. The number of hydrogen-bond acceptors (Lipinski definition) is 1. The summed E-state index contributed by atoms with van der Waals surface area (Å²) in [5.74, 6) is -1.27. The van der Waals surface area contributed by atoms with Crippen molar-refractivity contribution in [3.05, 3.63) is 71.3 Å². The number of rotatable bonds is 4. The lowest BCUT2D eigenvalue weighted by atomic mass is 9.84. The van der Waals surface area contributed by atoms with Crippen LogP contribution in [0.15, 0.2) is 54.6 Å². The van der Waals surface area contributed by atoms with E-state index in [-0.39, 0.29) is 5.41 Å². The first-order valence-electron chi connectivity index (χ1n) is 7.25. The van der Waals surface area contributed by atoms with Gasteiger partial charge in [-0.25, -0.2) is 0 Å². The van der Waals surface area contributed by atoms with E-state index in [2.05, 4.69) is 20.8 Å². The highest BCUT2D eigenvalue weighted by molar-refractivity contribution is 5.76. The summed E-state index contributed by atoms with van der Waals surface area (Å²) in [5.41, 5.74) is 3.20. The van der Waals surface area contributed by atoms with Gasteiger partial charge in [0.1, 0.15) is 0 Å². The van der Waals surface area contributed by atoms with Gasteiger partial charge < -0.3 is 5.11 Å². The van der Waals surface area contributed by atoms with Crippen LogP contribution in [0, 0.1) is 0 Å². The predicted octanol–water partition coefficient (Wildman–Crippen LogP) is 4.40. The van der Waals surface area contributed by atoms with Crippen LogP contribution in [0.2, 0.25) is 0 Å². The molecule has 0 aliphatic heterocycles. The zero-order chi connectivity index (χ0) is 15.5. The number of benzene rings is 2. The number of carbonyl (C=O) groups is 1. The molecular formula is C19H22O2. The Bertz CT molecular complexity index is 592. The van der Waals surface area contributed by atoms with Crippen LogP contribution in [-0.4, -0.2) is 11.1 Å². The molecule has 0 amide bonds. The van der Waals surface area contributed by atoms with E-state index < -0.39 is 11.9 Å². The van der Waals surface area contributed by atoms with Gasteiger partial charge in [-0.3, -0.25) is 4.79 Å². The van der Waals surface area contributed by atoms with Crippen molar-refractivity contribution in [2.75, 3.05) is 0 Å². The van der Waals surface area contributed by atoms with Gasteiger partial charge in [0.25, 0.3) is 0 Å². The summed E-state index contributed by atoms with van der Waals surface area (Å²) in [6.07, 6.45) is 0.519. The normalized spacial score (nSPS) is 12.9. The largest absolute Gasteiger partial charge is 0.481 e. The molecule has 2 aromatic carbocycles. The smallest absolute Gasteiger partial charge is 0.311 e. The van der Waals surface area contributed by atoms with Gasteiger partial charge in [-0.1, -0.05) is 75.4 Å². The van der Waals surface area contributed by atoms with Gasteiger partial charge >= 0.3 is 5.97 Å². The average molecular weight is 282 g/mol. The first-order chi connectivity index (χ1) is 9.88. The van der Waals surface area contributed by atoms with Crippen LogP contribution in [0.5, 0.6) is 0 Å². The van der Waals surface area contributed by atoms with Gasteiger partial charge in [0, 0.05) is 0 Å². The second-order valence-electron chi connectivity index (χ2n) is 6.45. The summed E-state index contributed by atoms with van der Waals surface area (Å²) in [6, 6.07) is 17.7. The minimum Gasteiger partial charge on any atom is -0.481 e.